The summed E-state index contributed by atoms with van der Waals surface area (Å²) in [7, 11) is -3.30. The average molecular weight is 454 g/mol. The van der Waals surface area contributed by atoms with Crippen molar-refractivity contribution in [1.29, 1.82) is 0 Å². The molecule has 2 N–H and O–H groups in total. The Morgan fingerprint density at radius 3 is 2.55 bits per heavy atom. The van der Waals surface area contributed by atoms with Crippen LogP contribution in [0.15, 0.2) is 29.6 Å². The summed E-state index contributed by atoms with van der Waals surface area (Å²) < 4.78 is 61.7. The molecule has 2 fully saturated rings. The fraction of sp³-hybridized carbons (Fsp3) is 0.636. The van der Waals surface area contributed by atoms with Gasteiger partial charge in [-0.2, -0.15) is 0 Å². The maximum absolute atomic E-state index is 14.2. The summed E-state index contributed by atoms with van der Waals surface area (Å²) in [5, 5.41) is -0.248. The van der Waals surface area contributed by atoms with Gasteiger partial charge in [0.2, 0.25) is 10.0 Å². The first-order valence-corrected chi connectivity index (χ1v) is 12.7. The van der Waals surface area contributed by atoms with Gasteiger partial charge in [0.15, 0.2) is 0 Å². The van der Waals surface area contributed by atoms with Crippen molar-refractivity contribution in [2.24, 2.45) is 5.73 Å². The molecule has 1 aromatic carbocycles. The quantitative estimate of drug-likeness (QED) is 0.759. The van der Waals surface area contributed by atoms with E-state index in [2.05, 4.69) is 4.90 Å². The van der Waals surface area contributed by atoms with Crippen LogP contribution in [-0.4, -0.2) is 54.7 Å². The zero-order valence-electron chi connectivity index (χ0n) is 17.5. The van der Waals surface area contributed by atoms with Gasteiger partial charge in [0.1, 0.15) is 17.7 Å². The summed E-state index contributed by atoms with van der Waals surface area (Å²) in [6.45, 7) is 1.60. The van der Waals surface area contributed by atoms with E-state index in [-0.39, 0.29) is 16.9 Å². The zero-order valence-corrected chi connectivity index (χ0v) is 18.3. The third-order valence-corrected chi connectivity index (χ3v) is 9.59. The third-order valence-electron chi connectivity index (χ3n) is 7.26. The summed E-state index contributed by atoms with van der Waals surface area (Å²) in [6, 6.07) is 2.87. The Labute approximate surface area is 182 Å². The predicted octanol–water partition coefficient (Wildman–Crippen LogP) is 3.02. The number of benzene rings is 1. The Hall–Kier alpha value is -1.71. The standard InChI is InChI=1S/C22H29F2N3O3S/c23-14-5-6-18(24)17(11-14)22-19(25)12-15(13-30-22)26-9-7-21-20(26)8-10-27(21)31(28,29)16-3-1-2-4-16/h5-6,11,15-16,19,22H,1-4,7-10,12-13,25H2/t15-,19+,22-/m1/s1. The molecule has 170 valence electrons. The third kappa shape index (κ3) is 3.64. The molecule has 9 heteroatoms. The lowest BCUT2D eigenvalue weighted by atomic mass is 9.93. The van der Waals surface area contributed by atoms with Gasteiger partial charge in [0.05, 0.1) is 17.9 Å². The Kier molecular flexibility index (Phi) is 5.46. The Balaban J connectivity index is 1.31. The Morgan fingerprint density at radius 2 is 1.81 bits per heavy atom. The van der Waals surface area contributed by atoms with Gasteiger partial charge in [-0.3, -0.25) is 4.31 Å². The van der Waals surface area contributed by atoms with Crippen LogP contribution in [0.4, 0.5) is 8.78 Å². The van der Waals surface area contributed by atoms with Gasteiger partial charge in [-0.25, -0.2) is 17.2 Å². The van der Waals surface area contributed by atoms with E-state index in [9.17, 15) is 17.2 Å². The van der Waals surface area contributed by atoms with Crippen LogP contribution in [0.3, 0.4) is 0 Å². The number of nitrogens with zero attached hydrogens (tertiary/aromatic N) is 2. The molecular weight excluding hydrogens is 424 g/mol. The van der Waals surface area contributed by atoms with Gasteiger partial charge in [-0.05, 0) is 37.5 Å². The molecule has 3 atom stereocenters. The molecule has 0 aromatic heterocycles. The summed E-state index contributed by atoms with van der Waals surface area (Å²) in [6.07, 6.45) is 4.78. The summed E-state index contributed by atoms with van der Waals surface area (Å²) in [5.41, 5.74) is 8.51. The zero-order chi connectivity index (χ0) is 21.8. The van der Waals surface area contributed by atoms with Crippen LogP contribution in [0.5, 0.6) is 0 Å². The van der Waals surface area contributed by atoms with E-state index in [1.807, 2.05) is 0 Å². The van der Waals surface area contributed by atoms with Gasteiger partial charge >= 0.3 is 0 Å². The molecule has 1 aromatic rings. The maximum Gasteiger partial charge on any atom is 0.237 e. The first kappa shape index (κ1) is 21.2. The van der Waals surface area contributed by atoms with E-state index in [4.69, 9.17) is 10.5 Å². The van der Waals surface area contributed by atoms with Crippen molar-refractivity contribution in [3.8, 4) is 0 Å². The molecule has 0 bridgehead atoms. The molecule has 1 saturated heterocycles. The van der Waals surface area contributed by atoms with E-state index >= 15 is 0 Å². The van der Waals surface area contributed by atoms with Crippen molar-refractivity contribution in [3.05, 3.63) is 46.8 Å². The minimum absolute atomic E-state index is 0.00417. The van der Waals surface area contributed by atoms with E-state index in [1.54, 1.807) is 4.31 Å². The Morgan fingerprint density at radius 1 is 1.06 bits per heavy atom. The highest BCUT2D eigenvalue weighted by Crippen LogP contribution is 2.42. The summed E-state index contributed by atoms with van der Waals surface area (Å²) in [4.78, 5) is 2.23. The van der Waals surface area contributed by atoms with Gasteiger partial charge in [-0.15, -0.1) is 0 Å². The molecule has 0 spiro atoms. The van der Waals surface area contributed by atoms with Gasteiger partial charge in [-0.1, -0.05) is 12.8 Å². The number of hydrogen-bond acceptors (Lipinski definition) is 5. The monoisotopic (exact) mass is 453 g/mol. The lowest BCUT2D eigenvalue weighted by Crippen LogP contribution is -2.48. The fourth-order valence-electron chi connectivity index (χ4n) is 5.73. The lowest BCUT2D eigenvalue weighted by molar-refractivity contribution is -0.0432. The highest BCUT2D eigenvalue weighted by atomic mass is 32.2. The fourth-order valence-corrected chi connectivity index (χ4v) is 7.87. The van der Waals surface area contributed by atoms with Crippen LogP contribution in [0.2, 0.25) is 0 Å². The van der Waals surface area contributed by atoms with Crippen LogP contribution in [0, 0.1) is 11.6 Å². The molecular formula is C22H29F2N3O3S. The number of halogens is 2. The first-order valence-electron chi connectivity index (χ1n) is 11.2. The first-order chi connectivity index (χ1) is 14.9. The van der Waals surface area contributed by atoms with E-state index in [1.165, 1.54) is 0 Å². The molecule has 4 aliphatic rings. The van der Waals surface area contributed by atoms with Gasteiger partial charge < -0.3 is 15.4 Å². The molecule has 6 nitrogen and oxygen atoms in total. The molecule has 0 amide bonds. The van der Waals surface area contributed by atoms with E-state index < -0.39 is 33.8 Å². The predicted molar refractivity (Wildman–Crippen MR) is 112 cm³/mol. The molecule has 1 aliphatic carbocycles. The van der Waals surface area contributed by atoms with Crippen molar-refractivity contribution in [3.63, 3.8) is 0 Å². The van der Waals surface area contributed by atoms with Crippen LogP contribution >= 0.6 is 0 Å². The highest BCUT2D eigenvalue weighted by molar-refractivity contribution is 7.89. The van der Waals surface area contributed by atoms with Crippen LogP contribution in [-0.2, 0) is 14.8 Å². The summed E-state index contributed by atoms with van der Waals surface area (Å²) in [5.74, 6) is -1.03. The smallest absolute Gasteiger partial charge is 0.237 e. The second kappa shape index (κ2) is 8.01. The number of hydrogen-bond donors (Lipinski definition) is 1. The summed E-state index contributed by atoms with van der Waals surface area (Å²) >= 11 is 0. The molecule has 3 aliphatic heterocycles. The second-order valence-corrected chi connectivity index (χ2v) is 11.2. The molecule has 31 heavy (non-hydrogen) atoms. The molecule has 0 radical (unpaired) electrons. The number of nitrogens with two attached hydrogens (primary N) is 1. The normalized spacial score (nSPS) is 29.8. The highest BCUT2D eigenvalue weighted by Gasteiger charge is 2.44. The van der Waals surface area contributed by atoms with Crippen LogP contribution in [0.1, 0.15) is 56.6 Å². The van der Waals surface area contributed by atoms with Gasteiger partial charge in [0, 0.05) is 48.9 Å². The maximum atomic E-state index is 14.2. The largest absolute Gasteiger partial charge is 0.370 e. The Bertz CT molecular complexity index is 994. The number of ether oxygens (including phenoxy) is 1. The number of sulfonamides is 1. The minimum atomic E-state index is -3.30. The molecule has 3 heterocycles. The van der Waals surface area contributed by atoms with Gasteiger partial charge in [0.25, 0.3) is 0 Å². The molecule has 5 rings (SSSR count). The van der Waals surface area contributed by atoms with Crippen LogP contribution < -0.4 is 5.73 Å². The number of rotatable bonds is 4. The second-order valence-electron chi connectivity index (χ2n) is 9.08. The average Bonchev–Trinajstić information content (AvgIpc) is 3.47. The lowest BCUT2D eigenvalue weighted by Gasteiger charge is -2.40. The van der Waals surface area contributed by atoms with Crippen molar-refractivity contribution in [2.75, 3.05) is 19.7 Å². The van der Waals surface area contributed by atoms with Crippen molar-refractivity contribution < 1.29 is 21.9 Å². The van der Waals surface area contributed by atoms with Crippen molar-refractivity contribution in [1.82, 2.24) is 9.21 Å². The molecule has 0 unspecified atom stereocenters. The topological polar surface area (TPSA) is 75.9 Å². The van der Waals surface area contributed by atoms with Crippen molar-refractivity contribution in [2.45, 2.75) is 68.4 Å². The SMILES string of the molecule is N[C@H]1C[C@@H](N2CCC3=C2CCN3S(=O)(=O)C2CCCC2)CO[C@@H]1c1cc(F)ccc1F. The minimum Gasteiger partial charge on any atom is -0.370 e. The molecule has 1 saturated carbocycles. The van der Waals surface area contributed by atoms with Crippen LogP contribution in [0.25, 0.3) is 0 Å². The van der Waals surface area contributed by atoms with Crippen molar-refractivity contribution >= 4 is 10.0 Å². The van der Waals surface area contributed by atoms with E-state index in [0.29, 0.717) is 32.4 Å². The van der Waals surface area contributed by atoms with E-state index in [0.717, 1.165) is 61.8 Å².